The molecule has 2 aliphatic carbocycles. The highest BCUT2D eigenvalue weighted by atomic mass is 35.5. The normalized spacial score (nSPS) is 29.7. The molecule has 2 bridgehead atoms. The molecule has 0 aliphatic heterocycles. The van der Waals surface area contributed by atoms with Crippen molar-refractivity contribution in [3.05, 3.63) is 39.9 Å². The third kappa shape index (κ3) is 3.33. The van der Waals surface area contributed by atoms with Crippen LogP contribution in [0.3, 0.4) is 0 Å². The van der Waals surface area contributed by atoms with Crippen LogP contribution >= 0.6 is 12.4 Å². The number of nitrogens with one attached hydrogen (secondary N) is 1. The summed E-state index contributed by atoms with van der Waals surface area (Å²) in [5.41, 5.74) is 6.97. The first-order chi connectivity index (χ1) is 10.5. The van der Waals surface area contributed by atoms with Gasteiger partial charge in [0.25, 0.3) is 5.69 Å². The number of fused-ring (bicyclic) bond motifs is 2. The number of non-ortho nitro benzene ring substituents is 1. The van der Waals surface area contributed by atoms with Crippen LogP contribution < -0.4 is 11.1 Å². The summed E-state index contributed by atoms with van der Waals surface area (Å²) in [5.74, 6) is 0.754. The highest BCUT2D eigenvalue weighted by molar-refractivity contribution is 5.85. The maximum absolute atomic E-state index is 12.5. The van der Waals surface area contributed by atoms with Crippen molar-refractivity contribution < 1.29 is 9.72 Å². The first-order valence-electron chi connectivity index (χ1n) is 7.77. The minimum atomic E-state index is -0.427. The smallest absolute Gasteiger partial charge is 0.269 e. The Morgan fingerprint density at radius 3 is 2.70 bits per heavy atom. The molecule has 0 radical (unpaired) electrons. The number of benzene rings is 1. The number of carbonyl (C=O) groups is 1. The van der Waals surface area contributed by atoms with Crippen molar-refractivity contribution in [3.8, 4) is 0 Å². The lowest BCUT2D eigenvalue weighted by Crippen LogP contribution is -2.45. The van der Waals surface area contributed by atoms with Crippen LogP contribution in [0.4, 0.5) is 5.69 Å². The summed E-state index contributed by atoms with van der Waals surface area (Å²) >= 11 is 0. The molecule has 2 fully saturated rings. The molecular weight excluding hydrogens is 318 g/mol. The molecule has 7 heteroatoms. The Morgan fingerprint density at radius 1 is 1.39 bits per heavy atom. The Balaban J connectivity index is 0.00000192. The zero-order chi connectivity index (χ0) is 15.9. The van der Waals surface area contributed by atoms with Crippen LogP contribution in [-0.4, -0.2) is 16.9 Å². The van der Waals surface area contributed by atoms with Crippen LogP contribution in [0.15, 0.2) is 24.3 Å². The second-order valence-electron chi connectivity index (χ2n) is 6.52. The van der Waals surface area contributed by atoms with Crippen molar-refractivity contribution in [1.29, 1.82) is 0 Å². The Hall–Kier alpha value is -1.66. The molecule has 1 aromatic rings. The van der Waals surface area contributed by atoms with Crippen LogP contribution in [0.25, 0.3) is 0 Å². The van der Waals surface area contributed by atoms with Gasteiger partial charge in [-0.15, -0.1) is 12.4 Å². The molecule has 0 heterocycles. The quantitative estimate of drug-likeness (QED) is 0.650. The molecule has 1 amide bonds. The number of nitrogens with two attached hydrogens (primary N) is 1. The third-order valence-corrected chi connectivity index (χ3v) is 5.22. The van der Waals surface area contributed by atoms with Gasteiger partial charge in [-0.05, 0) is 43.6 Å². The number of amides is 1. The summed E-state index contributed by atoms with van der Waals surface area (Å²) in [6.07, 6.45) is 3.28. The van der Waals surface area contributed by atoms with E-state index in [9.17, 15) is 14.9 Å². The summed E-state index contributed by atoms with van der Waals surface area (Å²) in [4.78, 5) is 22.9. The second-order valence-corrected chi connectivity index (χ2v) is 6.52. The molecule has 1 aromatic carbocycles. The summed E-state index contributed by atoms with van der Waals surface area (Å²) in [5, 5.41) is 13.8. The lowest BCUT2D eigenvalue weighted by molar-refractivity contribution is -0.384. The molecule has 0 saturated heterocycles. The van der Waals surface area contributed by atoms with Gasteiger partial charge in [0, 0.05) is 18.2 Å². The largest absolute Gasteiger partial charge is 0.349 e. The maximum Gasteiger partial charge on any atom is 0.269 e. The van der Waals surface area contributed by atoms with Crippen LogP contribution in [0, 0.1) is 27.9 Å². The zero-order valence-corrected chi connectivity index (χ0v) is 13.8. The number of halogens is 1. The molecular formula is C16H22ClN3O3. The van der Waals surface area contributed by atoms with Crippen LogP contribution in [0.2, 0.25) is 0 Å². The standard InChI is InChI=1S/C16H21N3O3.ClH/c1-9(10-3-2-4-13(8-10)19(21)22)18-16(20)14-11-5-6-12(7-11)15(14)17;/h2-4,8-9,11-12,14-15H,5-7,17H2,1H3,(H,18,20);1H. The van der Waals surface area contributed by atoms with Crippen LogP contribution in [0.1, 0.15) is 37.8 Å². The van der Waals surface area contributed by atoms with E-state index in [1.165, 1.54) is 12.1 Å². The molecule has 126 valence electrons. The van der Waals surface area contributed by atoms with Gasteiger partial charge >= 0.3 is 0 Å². The maximum atomic E-state index is 12.5. The van der Waals surface area contributed by atoms with E-state index in [-0.39, 0.29) is 42.0 Å². The molecule has 3 rings (SSSR count). The fourth-order valence-corrected chi connectivity index (χ4v) is 4.03. The van der Waals surface area contributed by atoms with E-state index in [1.807, 2.05) is 6.92 Å². The summed E-state index contributed by atoms with van der Waals surface area (Å²) in [7, 11) is 0. The van der Waals surface area contributed by atoms with Crippen molar-refractivity contribution in [2.75, 3.05) is 0 Å². The Bertz CT molecular complexity index is 608. The van der Waals surface area contributed by atoms with Gasteiger partial charge in [0.1, 0.15) is 0 Å². The SMILES string of the molecule is CC(NC(=O)C1C2CCC(C2)C1N)c1cccc([N+](=O)[O-])c1.Cl. The van der Waals surface area contributed by atoms with Gasteiger partial charge in [-0.2, -0.15) is 0 Å². The molecule has 23 heavy (non-hydrogen) atoms. The number of rotatable bonds is 4. The fraction of sp³-hybridized carbons (Fsp3) is 0.562. The highest BCUT2D eigenvalue weighted by Gasteiger charge is 2.49. The van der Waals surface area contributed by atoms with Gasteiger partial charge in [-0.3, -0.25) is 14.9 Å². The Kier molecular flexibility index (Phi) is 5.26. The molecule has 0 spiro atoms. The Labute approximate surface area is 141 Å². The van der Waals surface area contributed by atoms with E-state index in [1.54, 1.807) is 12.1 Å². The van der Waals surface area contributed by atoms with Gasteiger partial charge in [0.05, 0.1) is 16.9 Å². The average molecular weight is 340 g/mol. The van der Waals surface area contributed by atoms with E-state index in [4.69, 9.17) is 5.73 Å². The molecule has 5 unspecified atom stereocenters. The number of nitrogens with zero attached hydrogens (tertiary/aromatic N) is 1. The fourth-order valence-electron chi connectivity index (χ4n) is 4.03. The van der Waals surface area contributed by atoms with E-state index in [2.05, 4.69) is 5.32 Å². The number of hydrogen-bond acceptors (Lipinski definition) is 4. The van der Waals surface area contributed by atoms with Crippen molar-refractivity contribution in [2.24, 2.45) is 23.5 Å². The first kappa shape index (κ1) is 17.7. The van der Waals surface area contributed by atoms with Crippen molar-refractivity contribution in [2.45, 2.75) is 38.3 Å². The monoisotopic (exact) mass is 339 g/mol. The van der Waals surface area contributed by atoms with Crippen LogP contribution in [0.5, 0.6) is 0 Å². The number of nitro groups is 1. The molecule has 3 N–H and O–H groups in total. The number of nitro benzene ring substituents is 1. The second kappa shape index (κ2) is 6.84. The predicted octanol–water partition coefficient (Wildman–Crippen LogP) is 2.57. The van der Waals surface area contributed by atoms with Crippen LogP contribution in [-0.2, 0) is 4.79 Å². The van der Waals surface area contributed by atoms with E-state index in [0.29, 0.717) is 11.8 Å². The van der Waals surface area contributed by atoms with Gasteiger partial charge in [-0.25, -0.2) is 0 Å². The molecule has 6 nitrogen and oxygen atoms in total. The van der Waals surface area contributed by atoms with Gasteiger partial charge in [0.2, 0.25) is 5.91 Å². The summed E-state index contributed by atoms with van der Waals surface area (Å²) < 4.78 is 0. The number of hydrogen-bond donors (Lipinski definition) is 2. The minimum Gasteiger partial charge on any atom is -0.349 e. The average Bonchev–Trinajstić information content (AvgIpc) is 3.08. The zero-order valence-electron chi connectivity index (χ0n) is 13.0. The molecule has 5 atom stereocenters. The van der Waals surface area contributed by atoms with Gasteiger partial charge in [0.15, 0.2) is 0 Å². The molecule has 2 aliphatic rings. The third-order valence-electron chi connectivity index (χ3n) is 5.22. The first-order valence-corrected chi connectivity index (χ1v) is 7.77. The summed E-state index contributed by atoms with van der Waals surface area (Å²) in [6, 6.07) is 6.07. The minimum absolute atomic E-state index is 0. The van der Waals surface area contributed by atoms with Gasteiger partial charge in [-0.1, -0.05) is 12.1 Å². The highest BCUT2D eigenvalue weighted by Crippen LogP contribution is 2.47. The molecule has 0 aromatic heterocycles. The summed E-state index contributed by atoms with van der Waals surface area (Å²) in [6.45, 7) is 1.84. The topological polar surface area (TPSA) is 98.3 Å². The van der Waals surface area contributed by atoms with Crippen molar-refractivity contribution in [3.63, 3.8) is 0 Å². The van der Waals surface area contributed by atoms with E-state index < -0.39 is 4.92 Å². The van der Waals surface area contributed by atoms with E-state index in [0.717, 1.165) is 24.8 Å². The number of carbonyl (C=O) groups excluding carboxylic acids is 1. The predicted molar refractivity (Wildman–Crippen MR) is 89.2 cm³/mol. The van der Waals surface area contributed by atoms with E-state index >= 15 is 0 Å². The van der Waals surface area contributed by atoms with Gasteiger partial charge < -0.3 is 11.1 Å². The lowest BCUT2D eigenvalue weighted by atomic mass is 9.84. The Morgan fingerprint density at radius 2 is 2.09 bits per heavy atom. The van der Waals surface area contributed by atoms with Crippen molar-refractivity contribution >= 4 is 24.0 Å². The van der Waals surface area contributed by atoms with Crippen molar-refractivity contribution in [1.82, 2.24) is 5.32 Å². The molecule has 2 saturated carbocycles. The lowest BCUT2D eigenvalue weighted by Gasteiger charge is -2.28.